The lowest BCUT2D eigenvalue weighted by atomic mass is 9.97. The van der Waals surface area contributed by atoms with E-state index in [0.29, 0.717) is 10.9 Å². The SMILES string of the molecule is C=CCSC1=NN2[C@@H](c3ccccc3Br)Nc3ccccc3[C@H]2C(=O)N1. The number of thioether (sulfide) groups is 1. The third-order valence-electron chi connectivity index (χ3n) is 4.30. The zero-order valence-corrected chi connectivity index (χ0v) is 16.3. The van der Waals surface area contributed by atoms with Crippen LogP contribution in [0.2, 0.25) is 0 Å². The number of rotatable bonds is 3. The lowest BCUT2D eigenvalue weighted by Gasteiger charge is -2.44. The Morgan fingerprint density at radius 1 is 1.19 bits per heavy atom. The molecule has 0 bridgehead atoms. The van der Waals surface area contributed by atoms with Gasteiger partial charge in [0.1, 0.15) is 6.17 Å². The Hall–Kier alpha value is -2.25. The number of amides is 1. The smallest absolute Gasteiger partial charge is 0.255 e. The number of benzene rings is 2. The van der Waals surface area contributed by atoms with Crippen LogP contribution in [-0.4, -0.2) is 21.8 Å². The van der Waals surface area contributed by atoms with Gasteiger partial charge >= 0.3 is 0 Å². The molecule has 0 unspecified atom stereocenters. The molecule has 132 valence electrons. The van der Waals surface area contributed by atoms with E-state index in [2.05, 4.69) is 33.1 Å². The molecule has 4 rings (SSSR count). The predicted octanol–water partition coefficient (Wildman–Crippen LogP) is 4.24. The highest BCUT2D eigenvalue weighted by Gasteiger charge is 2.42. The molecular formula is C19H17BrN4OS. The highest BCUT2D eigenvalue weighted by Crippen LogP contribution is 2.43. The molecule has 0 aromatic heterocycles. The molecule has 7 heteroatoms. The summed E-state index contributed by atoms with van der Waals surface area (Å²) in [6, 6.07) is 15.4. The van der Waals surface area contributed by atoms with E-state index in [1.165, 1.54) is 11.8 Å². The molecule has 0 radical (unpaired) electrons. The highest BCUT2D eigenvalue weighted by molar-refractivity contribution is 9.10. The lowest BCUT2D eigenvalue weighted by Crippen LogP contribution is -2.51. The lowest BCUT2D eigenvalue weighted by molar-refractivity contribution is -0.127. The number of anilines is 1. The van der Waals surface area contributed by atoms with E-state index in [0.717, 1.165) is 21.3 Å². The molecule has 2 aromatic carbocycles. The minimum absolute atomic E-state index is 0.0717. The van der Waals surface area contributed by atoms with E-state index in [1.54, 1.807) is 6.08 Å². The number of carbonyl (C=O) groups excluding carboxylic acids is 1. The van der Waals surface area contributed by atoms with E-state index in [4.69, 9.17) is 5.10 Å². The van der Waals surface area contributed by atoms with Crippen molar-refractivity contribution in [1.29, 1.82) is 0 Å². The van der Waals surface area contributed by atoms with E-state index >= 15 is 0 Å². The van der Waals surface area contributed by atoms with Gasteiger partial charge in [0.25, 0.3) is 5.91 Å². The summed E-state index contributed by atoms with van der Waals surface area (Å²) >= 11 is 5.08. The number of nitrogens with zero attached hydrogens (tertiary/aromatic N) is 2. The van der Waals surface area contributed by atoms with E-state index in [1.807, 2.05) is 53.5 Å². The number of hydrazone groups is 1. The highest BCUT2D eigenvalue weighted by atomic mass is 79.9. The molecule has 0 saturated carbocycles. The summed E-state index contributed by atoms with van der Waals surface area (Å²) in [5.41, 5.74) is 2.89. The summed E-state index contributed by atoms with van der Waals surface area (Å²) < 4.78 is 0.970. The molecule has 2 aliphatic heterocycles. The van der Waals surface area contributed by atoms with Gasteiger partial charge in [-0.2, -0.15) is 0 Å². The van der Waals surface area contributed by atoms with Crippen molar-refractivity contribution in [2.24, 2.45) is 5.10 Å². The van der Waals surface area contributed by atoms with Gasteiger partial charge in [-0.3, -0.25) is 9.80 Å². The number of fused-ring (bicyclic) bond motifs is 3. The molecule has 2 atom stereocenters. The first kappa shape index (κ1) is 17.2. The third-order valence-corrected chi connectivity index (χ3v) is 5.88. The van der Waals surface area contributed by atoms with Crippen LogP contribution in [0.4, 0.5) is 5.69 Å². The Morgan fingerprint density at radius 2 is 1.92 bits per heavy atom. The predicted molar refractivity (Wildman–Crippen MR) is 110 cm³/mol. The Labute approximate surface area is 164 Å². The van der Waals surface area contributed by atoms with E-state index in [9.17, 15) is 4.79 Å². The summed E-state index contributed by atoms with van der Waals surface area (Å²) in [6.45, 7) is 3.73. The van der Waals surface area contributed by atoms with Crippen LogP contribution in [0.1, 0.15) is 23.3 Å². The van der Waals surface area contributed by atoms with Crippen LogP contribution in [0.15, 0.2) is 70.8 Å². The number of para-hydroxylation sites is 1. The van der Waals surface area contributed by atoms with Crippen LogP contribution in [0.25, 0.3) is 0 Å². The van der Waals surface area contributed by atoms with Crippen molar-refractivity contribution in [3.8, 4) is 0 Å². The maximum atomic E-state index is 12.9. The van der Waals surface area contributed by atoms with Gasteiger partial charge in [0.2, 0.25) is 0 Å². The minimum Gasteiger partial charge on any atom is -0.360 e. The summed E-state index contributed by atoms with van der Waals surface area (Å²) in [5.74, 6) is 0.610. The Kier molecular flexibility index (Phi) is 4.74. The Morgan fingerprint density at radius 3 is 2.69 bits per heavy atom. The van der Waals surface area contributed by atoms with Crippen LogP contribution in [0.3, 0.4) is 0 Å². The molecule has 2 aromatic rings. The molecule has 0 fully saturated rings. The van der Waals surface area contributed by atoms with Gasteiger partial charge in [0, 0.05) is 27.0 Å². The molecule has 2 heterocycles. The fourth-order valence-electron chi connectivity index (χ4n) is 3.17. The van der Waals surface area contributed by atoms with E-state index < -0.39 is 6.04 Å². The molecular weight excluding hydrogens is 412 g/mol. The zero-order chi connectivity index (χ0) is 18.1. The monoisotopic (exact) mass is 428 g/mol. The van der Waals surface area contributed by atoms with Crippen molar-refractivity contribution in [3.63, 3.8) is 0 Å². The first-order chi connectivity index (χ1) is 12.7. The van der Waals surface area contributed by atoms with Gasteiger partial charge in [-0.15, -0.1) is 11.7 Å². The van der Waals surface area contributed by atoms with Crippen LogP contribution < -0.4 is 10.6 Å². The number of carbonyl (C=O) groups is 1. The fraction of sp³-hybridized carbons (Fsp3) is 0.158. The van der Waals surface area contributed by atoms with Gasteiger partial charge in [-0.1, -0.05) is 70.2 Å². The third kappa shape index (κ3) is 3.01. The van der Waals surface area contributed by atoms with Crippen LogP contribution in [-0.2, 0) is 4.79 Å². The molecule has 0 saturated heterocycles. The molecule has 0 spiro atoms. The van der Waals surface area contributed by atoms with Gasteiger partial charge in [-0.25, -0.2) is 0 Å². The summed E-state index contributed by atoms with van der Waals surface area (Å²) in [6.07, 6.45) is 1.54. The molecule has 2 aliphatic rings. The topological polar surface area (TPSA) is 56.7 Å². The van der Waals surface area contributed by atoms with Crippen molar-refractivity contribution in [2.75, 3.05) is 11.1 Å². The van der Waals surface area contributed by atoms with Crippen molar-refractivity contribution in [3.05, 3.63) is 76.8 Å². The summed E-state index contributed by atoms with van der Waals surface area (Å²) in [7, 11) is 0. The first-order valence-electron chi connectivity index (χ1n) is 8.20. The van der Waals surface area contributed by atoms with Crippen molar-refractivity contribution >= 4 is 44.5 Å². The quantitative estimate of drug-likeness (QED) is 0.717. The van der Waals surface area contributed by atoms with Gasteiger partial charge < -0.3 is 10.6 Å². The molecule has 2 N–H and O–H groups in total. The molecule has 5 nitrogen and oxygen atoms in total. The largest absolute Gasteiger partial charge is 0.360 e. The van der Waals surface area contributed by atoms with Crippen molar-refractivity contribution in [1.82, 2.24) is 10.3 Å². The number of nitrogens with one attached hydrogen (secondary N) is 2. The maximum absolute atomic E-state index is 12.9. The second-order valence-electron chi connectivity index (χ2n) is 5.93. The van der Waals surface area contributed by atoms with Crippen LogP contribution in [0, 0.1) is 0 Å². The standard InChI is InChI=1S/C19H17BrN4OS/c1-2-11-26-19-22-18(25)16-13-8-4-6-10-15(13)21-17(24(16)23-19)12-7-3-5-9-14(12)20/h2-10,16-17,21H,1,11H2,(H,22,23,25)/t16-,17-/m0/s1. The number of hydrogen-bond donors (Lipinski definition) is 2. The fourth-order valence-corrected chi connectivity index (χ4v) is 4.27. The normalized spacial score (nSPS) is 21.0. The second kappa shape index (κ2) is 7.17. The van der Waals surface area contributed by atoms with Crippen molar-refractivity contribution in [2.45, 2.75) is 12.2 Å². The average molecular weight is 429 g/mol. The van der Waals surface area contributed by atoms with Crippen LogP contribution in [0.5, 0.6) is 0 Å². The minimum atomic E-state index is -0.474. The molecule has 1 amide bonds. The maximum Gasteiger partial charge on any atom is 0.255 e. The second-order valence-corrected chi connectivity index (χ2v) is 7.80. The average Bonchev–Trinajstić information content (AvgIpc) is 2.66. The van der Waals surface area contributed by atoms with Gasteiger partial charge in [0.15, 0.2) is 11.2 Å². The van der Waals surface area contributed by atoms with Crippen LogP contribution >= 0.6 is 27.7 Å². The van der Waals surface area contributed by atoms with Gasteiger partial charge in [-0.05, 0) is 12.1 Å². The number of halogens is 1. The summed E-state index contributed by atoms with van der Waals surface area (Å²) in [5, 5.41) is 13.6. The van der Waals surface area contributed by atoms with E-state index in [-0.39, 0.29) is 12.1 Å². The Balaban J connectivity index is 1.83. The zero-order valence-electron chi connectivity index (χ0n) is 13.9. The number of hydrogen-bond acceptors (Lipinski definition) is 5. The number of amidine groups is 1. The van der Waals surface area contributed by atoms with Gasteiger partial charge in [0.05, 0.1) is 0 Å². The summed E-state index contributed by atoms with van der Waals surface area (Å²) in [4.78, 5) is 12.9. The molecule has 0 aliphatic carbocycles. The molecule has 26 heavy (non-hydrogen) atoms. The van der Waals surface area contributed by atoms with Crippen molar-refractivity contribution < 1.29 is 4.79 Å². The first-order valence-corrected chi connectivity index (χ1v) is 9.98. The Bertz CT molecular complexity index is 901.